The predicted molar refractivity (Wildman–Crippen MR) is 113 cm³/mol. The number of carbonyl (C=O) groups excluding carboxylic acids is 2. The Balaban J connectivity index is 1.74. The average Bonchev–Trinajstić information content (AvgIpc) is 2.96. The Morgan fingerprint density at radius 3 is 2.54 bits per heavy atom. The molecule has 1 aliphatic heterocycles. The summed E-state index contributed by atoms with van der Waals surface area (Å²) in [6.07, 6.45) is 0.586. The van der Waals surface area contributed by atoms with E-state index in [-0.39, 0.29) is 28.6 Å². The van der Waals surface area contributed by atoms with Crippen molar-refractivity contribution in [3.8, 4) is 0 Å². The normalized spacial score (nSPS) is 17.9. The molecule has 3 rings (SSSR count). The van der Waals surface area contributed by atoms with Crippen molar-refractivity contribution >= 4 is 56.4 Å². The van der Waals surface area contributed by atoms with Gasteiger partial charge in [-0.05, 0) is 36.8 Å². The van der Waals surface area contributed by atoms with E-state index >= 15 is 0 Å². The van der Waals surface area contributed by atoms with Crippen LogP contribution in [0.1, 0.15) is 23.7 Å². The number of halogens is 1. The summed E-state index contributed by atoms with van der Waals surface area (Å²) in [6.45, 7) is 1.39. The van der Waals surface area contributed by atoms with Gasteiger partial charge in [0.15, 0.2) is 9.84 Å². The topological polar surface area (TPSA) is 92.3 Å². The zero-order valence-corrected chi connectivity index (χ0v) is 17.5. The van der Waals surface area contributed by atoms with Gasteiger partial charge in [0.25, 0.3) is 5.91 Å². The number of hydrogen-bond donors (Lipinski definition) is 2. The Kier molecular flexibility index (Phi) is 6.32. The Morgan fingerprint density at radius 2 is 1.89 bits per heavy atom. The van der Waals surface area contributed by atoms with E-state index in [9.17, 15) is 18.0 Å². The van der Waals surface area contributed by atoms with E-state index in [0.717, 1.165) is 4.90 Å². The molecule has 9 heteroatoms. The minimum absolute atomic E-state index is 0.0506. The number of benzene rings is 2. The summed E-state index contributed by atoms with van der Waals surface area (Å²) < 4.78 is 23.4. The van der Waals surface area contributed by atoms with Gasteiger partial charge in [0, 0.05) is 22.8 Å². The number of nitrogens with one attached hydrogen (secondary N) is 2. The third-order valence-corrected chi connectivity index (χ3v) is 7.79. The van der Waals surface area contributed by atoms with Crippen LogP contribution in [0.2, 0.25) is 5.02 Å². The quantitative estimate of drug-likeness (QED) is 0.740. The first kappa shape index (κ1) is 20.7. The van der Waals surface area contributed by atoms with Crippen LogP contribution in [0.25, 0.3) is 0 Å². The molecule has 28 heavy (non-hydrogen) atoms. The monoisotopic (exact) mass is 438 g/mol. The minimum Gasteiger partial charge on any atom is -0.325 e. The van der Waals surface area contributed by atoms with Gasteiger partial charge in [-0.2, -0.15) is 0 Å². The van der Waals surface area contributed by atoms with E-state index in [1.54, 1.807) is 30.3 Å². The molecule has 1 aliphatic rings. The maximum Gasteiger partial charge on any atom is 0.256 e. The maximum atomic E-state index is 12.8. The Bertz CT molecular complexity index is 1020. The van der Waals surface area contributed by atoms with Crippen LogP contribution in [-0.4, -0.2) is 37.0 Å². The minimum atomic E-state index is -2.98. The summed E-state index contributed by atoms with van der Waals surface area (Å²) in [4.78, 5) is 24.6. The van der Waals surface area contributed by atoms with E-state index in [2.05, 4.69) is 10.6 Å². The molecule has 0 aromatic heterocycles. The van der Waals surface area contributed by atoms with Crippen LogP contribution < -0.4 is 10.6 Å². The lowest BCUT2D eigenvalue weighted by Crippen LogP contribution is -2.14. The van der Waals surface area contributed by atoms with E-state index in [4.69, 9.17) is 11.6 Å². The number of rotatable bonds is 5. The van der Waals surface area contributed by atoms with Crippen molar-refractivity contribution in [2.75, 3.05) is 22.1 Å². The molecule has 2 aromatic carbocycles. The molecular weight excluding hydrogens is 420 g/mol. The summed E-state index contributed by atoms with van der Waals surface area (Å²) in [5.74, 6) is -0.225. The first-order valence-corrected chi connectivity index (χ1v) is 11.7. The van der Waals surface area contributed by atoms with Gasteiger partial charge in [-0.1, -0.05) is 23.7 Å². The molecule has 1 unspecified atom stereocenters. The van der Waals surface area contributed by atoms with E-state index in [1.165, 1.54) is 18.7 Å². The number of sulfone groups is 1. The summed E-state index contributed by atoms with van der Waals surface area (Å²) in [6, 6.07) is 11.9. The lowest BCUT2D eigenvalue weighted by Gasteiger charge is -2.13. The number of hydrogen-bond acceptors (Lipinski definition) is 5. The Labute approximate surface area is 173 Å². The fourth-order valence-corrected chi connectivity index (χ4v) is 6.73. The smallest absolute Gasteiger partial charge is 0.256 e. The van der Waals surface area contributed by atoms with Gasteiger partial charge in [-0.3, -0.25) is 9.59 Å². The molecule has 1 heterocycles. The fourth-order valence-electron chi connectivity index (χ4n) is 2.87. The summed E-state index contributed by atoms with van der Waals surface area (Å²) in [5, 5.41) is 5.66. The van der Waals surface area contributed by atoms with Crippen molar-refractivity contribution < 1.29 is 18.0 Å². The van der Waals surface area contributed by atoms with Crippen LogP contribution in [-0.2, 0) is 14.6 Å². The second kappa shape index (κ2) is 8.55. The van der Waals surface area contributed by atoms with Gasteiger partial charge in [0.05, 0.1) is 27.8 Å². The van der Waals surface area contributed by atoms with Crippen LogP contribution >= 0.6 is 23.4 Å². The predicted octanol–water partition coefficient (Wildman–Crippen LogP) is 3.83. The molecule has 0 radical (unpaired) electrons. The Hall–Kier alpha value is -2.03. The highest BCUT2D eigenvalue weighted by molar-refractivity contribution is 8.02. The fraction of sp³-hybridized carbons (Fsp3) is 0.263. The van der Waals surface area contributed by atoms with Crippen LogP contribution in [0.4, 0.5) is 11.4 Å². The highest BCUT2D eigenvalue weighted by atomic mass is 35.5. The molecule has 2 aromatic rings. The average molecular weight is 439 g/mol. The molecule has 0 bridgehead atoms. The highest BCUT2D eigenvalue weighted by Gasteiger charge is 2.29. The Morgan fingerprint density at radius 1 is 1.14 bits per heavy atom. The SMILES string of the molecule is CC(=O)Nc1ccc(NC(=O)c2ccccc2SC2CCS(=O)(=O)C2)cc1Cl. The molecule has 0 aliphatic carbocycles. The molecule has 2 amide bonds. The van der Waals surface area contributed by atoms with Crippen molar-refractivity contribution in [1.29, 1.82) is 0 Å². The number of thioether (sulfide) groups is 1. The zero-order chi connectivity index (χ0) is 20.3. The molecule has 0 saturated carbocycles. The van der Waals surface area contributed by atoms with Gasteiger partial charge >= 0.3 is 0 Å². The number of amides is 2. The van der Waals surface area contributed by atoms with Gasteiger partial charge in [0.1, 0.15) is 0 Å². The standard InChI is InChI=1S/C19H19ClN2O4S2/c1-12(23)21-17-7-6-13(10-16(17)20)22-19(24)15-4-2-3-5-18(15)27-14-8-9-28(25,26)11-14/h2-7,10,14H,8-9,11H2,1H3,(H,21,23)(H,22,24). The lowest BCUT2D eigenvalue weighted by molar-refractivity contribution is -0.114. The molecule has 0 spiro atoms. The van der Waals surface area contributed by atoms with Gasteiger partial charge in [-0.25, -0.2) is 8.42 Å². The molecule has 148 valence electrons. The molecule has 1 atom stereocenters. The number of carbonyl (C=O) groups is 2. The summed E-state index contributed by atoms with van der Waals surface area (Å²) in [7, 11) is -2.98. The maximum absolute atomic E-state index is 12.8. The van der Waals surface area contributed by atoms with Gasteiger partial charge in [-0.15, -0.1) is 11.8 Å². The van der Waals surface area contributed by atoms with Crippen LogP contribution in [0, 0.1) is 0 Å². The number of anilines is 2. The third kappa shape index (κ3) is 5.27. The van der Waals surface area contributed by atoms with Crippen molar-refractivity contribution in [3.05, 3.63) is 53.1 Å². The van der Waals surface area contributed by atoms with E-state index in [0.29, 0.717) is 28.4 Å². The molecule has 1 fully saturated rings. The molecule has 6 nitrogen and oxygen atoms in total. The molecule has 2 N–H and O–H groups in total. The van der Waals surface area contributed by atoms with Gasteiger partial charge in [0.2, 0.25) is 5.91 Å². The van der Waals surface area contributed by atoms with Crippen molar-refractivity contribution in [3.63, 3.8) is 0 Å². The van der Waals surface area contributed by atoms with E-state index in [1.807, 2.05) is 12.1 Å². The summed E-state index contributed by atoms with van der Waals surface area (Å²) >= 11 is 7.57. The molecule has 1 saturated heterocycles. The lowest BCUT2D eigenvalue weighted by atomic mass is 10.2. The van der Waals surface area contributed by atoms with Gasteiger partial charge < -0.3 is 10.6 Å². The first-order valence-electron chi connectivity index (χ1n) is 8.58. The highest BCUT2D eigenvalue weighted by Crippen LogP contribution is 2.33. The second-order valence-electron chi connectivity index (χ2n) is 6.47. The first-order chi connectivity index (χ1) is 13.2. The largest absolute Gasteiger partial charge is 0.325 e. The van der Waals surface area contributed by atoms with Crippen LogP contribution in [0.15, 0.2) is 47.4 Å². The van der Waals surface area contributed by atoms with Crippen molar-refractivity contribution in [1.82, 2.24) is 0 Å². The van der Waals surface area contributed by atoms with Crippen LogP contribution in [0.5, 0.6) is 0 Å². The third-order valence-electron chi connectivity index (χ3n) is 4.15. The second-order valence-corrected chi connectivity index (χ2v) is 10.4. The molecular formula is C19H19ClN2O4S2. The summed E-state index contributed by atoms with van der Waals surface area (Å²) in [5.41, 5.74) is 1.43. The van der Waals surface area contributed by atoms with Crippen LogP contribution in [0.3, 0.4) is 0 Å². The van der Waals surface area contributed by atoms with Crippen molar-refractivity contribution in [2.45, 2.75) is 23.5 Å². The zero-order valence-electron chi connectivity index (χ0n) is 15.1. The van der Waals surface area contributed by atoms with Crippen molar-refractivity contribution in [2.24, 2.45) is 0 Å². The van der Waals surface area contributed by atoms with E-state index < -0.39 is 9.84 Å².